The summed E-state index contributed by atoms with van der Waals surface area (Å²) in [7, 11) is 0. The van der Waals surface area contributed by atoms with Gasteiger partial charge >= 0.3 is 0 Å². The molecule has 0 fully saturated rings. The summed E-state index contributed by atoms with van der Waals surface area (Å²) < 4.78 is 1.22. The average Bonchev–Trinajstić information content (AvgIpc) is 2.40. The molecule has 0 unspecified atom stereocenters. The van der Waals surface area contributed by atoms with Gasteiger partial charge in [0.1, 0.15) is 5.65 Å². The molecule has 0 aliphatic rings. The molecule has 0 bridgehead atoms. The Morgan fingerprint density at radius 3 is 2.95 bits per heavy atom. The van der Waals surface area contributed by atoms with Crippen molar-refractivity contribution in [2.75, 3.05) is 13.2 Å². The van der Waals surface area contributed by atoms with Crippen LogP contribution in [0.5, 0.6) is 5.88 Å². The van der Waals surface area contributed by atoms with Gasteiger partial charge in [0.05, 0.1) is 0 Å². The van der Waals surface area contributed by atoms with Crippen molar-refractivity contribution in [2.24, 2.45) is 0 Å². The van der Waals surface area contributed by atoms with Gasteiger partial charge in [-0.2, -0.15) is 4.98 Å². The molecule has 0 atom stereocenters. The first-order chi connectivity index (χ1) is 9.56. The van der Waals surface area contributed by atoms with Crippen LogP contribution < -0.4 is 10.9 Å². The number of aromatic nitrogens is 2. The van der Waals surface area contributed by atoms with E-state index in [1.54, 1.807) is 19.1 Å². The lowest BCUT2D eigenvalue weighted by molar-refractivity contribution is 0.0946. The van der Waals surface area contributed by atoms with E-state index < -0.39 is 22.9 Å². The van der Waals surface area contributed by atoms with Crippen LogP contribution in [0.2, 0.25) is 0 Å². The van der Waals surface area contributed by atoms with Crippen LogP contribution in [-0.4, -0.2) is 38.7 Å². The second kappa shape index (κ2) is 5.70. The smallest absolute Gasteiger partial charge is 0.274 e. The maximum absolute atomic E-state index is 12.2. The molecule has 0 aromatic carbocycles. The molecular formula is C13H15N3O4. The van der Waals surface area contributed by atoms with E-state index in [-0.39, 0.29) is 13.2 Å². The van der Waals surface area contributed by atoms with E-state index >= 15 is 0 Å². The number of carbonyl (C=O) groups excluding carboxylic acids is 1. The van der Waals surface area contributed by atoms with Crippen LogP contribution in [0.4, 0.5) is 0 Å². The zero-order valence-electron chi connectivity index (χ0n) is 11.0. The van der Waals surface area contributed by atoms with Gasteiger partial charge in [0.15, 0.2) is 5.56 Å². The highest BCUT2D eigenvalue weighted by Gasteiger charge is 2.19. The zero-order valence-corrected chi connectivity index (χ0v) is 11.0. The van der Waals surface area contributed by atoms with Crippen molar-refractivity contribution >= 4 is 11.6 Å². The lowest BCUT2D eigenvalue weighted by Gasteiger charge is -2.08. The lowest BCUT2D eigenvalue weighted by Crippen LogP contribution is -2.32. The molecule has 2 aromatic rings. The standard InChI is InChI=1S/C13H15N3O4/c1-8-4-2-6-16-10(8)15-12(19)9(13(16)20)11(18)14-5-3-7-17/h2,4,6,17,19H,3,5,7H2,1H3,(H,14,18). The summed E-state index contributed by atoms with van der Waals surface area (Å²) >= 11 is 0. The van der Waals surface area contributed by atoms with Crippen LogP contribution in [0.1, 0.15) is 22.3 Å². The average molecular weight is 277 g/mol. The number of nitrogens with zero attached hydrogens (tertiary/aromatic N) is 2. The molecule has 3 N–H and O–H groups in total. The molecule has 7 heteroatoms. The molecule has 0 aliphatic heterocycles. The van der Waals surface area contributed by atoms with Crippen LogP contribution >= 0.6 is 0 Å². The van der Waals surface area contributed by atoms with E-state index in [0.29, 0.717) is 17.6 Å². The van der Waals surface area contributed by atoms with Crippen molar-refractivity contribution in [3.63, 3.8) is 0 Å². The molecule has 2 aromatic heterocycles. The van der Waals surface area contributed by atoms with Crippen molar-refractivity contribution in [2.45, 2.75) is 13.3 Å². The fraction of sp³-hybridized carbons (Fsp3) is 0.308. The molecule has 2 rings (SSSR count). The van der Waals surface area contributed by atoms with Gasteiger partial charge in [0, 0.05) is 19.3 Å². The number of aliphatic hydroxyl groups excluding tert-OH is 1. The van der Waals surface area contributed by atoms with Crippen molar-refractivity contribution in [1.29, 1.82) is 0 Å². The summed E-state index contributed by atoms with van der Waals surface area (Å²) in [6.07, 6.45) is 1.86. The Kier molecular flexibility index (Phi) is 3.99. The third-order valence-electron chi connectivity index (χ3n) is 2.88. The minimum Gasteiger partial charge on any atom is -0.493 e. The van der Waals surface area contributed by atoms with Gasteiger partial charge in [-0.05, 0) is 25.0 Å². The molecule has 0 saturated carbocycles. The minimum absolute atomic E-state index is 0.0690. The van der Waals surface area contributed by atoms with Gasteiger partial charge in [-0.3, -0.25) is 14.0 Å². The summed E-state index contributed by atoms with van der Waals surface area (Å²) in [4.78, 5) is 28.0. The molecule has 20 heavy (non-hydrogen) atoms. The largest absolute Gasteiger partial charge is 0.493 e. The Morgan fingerprint density at radius 1 is 1.50 bits per heavy atom. The normalized spacial score (nSPS) is 10.7. The third-order valence-corrected chi connectivity index (χ3v) is 2.88. The first-order valence-corrected chi connectivity index (χ1v) is 6.16. The van der Waals surface area contributed by atoms with Gasteiger partial charge in [0.2, 0.25) is 5.88 Å². The van der Waals surface area contributed by atoms with Gasteiger partial charge in [-0.1, -0.05) is 6.07 Å². The summed E-state index contributed by atoms with van der Waals surface area (Å²) in [5.74, 6) is -1.30. The van der Waals surface area contributed by atoms with Crippen molar-refractivity contribution in [3.8, 4) is 5.88 Å². The Morgan fingerprint density at radius 2 is 2.25 bits per heavy atom. The van der Waals surface area contributed by atoms with Gasteiger partial charge < -0.3 is 15.5 Å². The fourth-order valence-electron chi connectivity index (χ4n) is 1.85. The molecule has 0 aliphatic carbocycles. The molecule has 0 radical (unpaired) electrons. The Balaban J connectivity index is 2.49. The number of pyridine rings is 1. The molecule has 0 saturated heterocycles. The summed E-state index contributed by atoms with van der Waals surface area (Å²) in [6.45, 7) is 1.90. The number of hydrogen-bond acceptors (Lipinski definition) is 5. The number of aliphatic hydroxyl groups is 1. The number of aryl methyl sites for hydroxylation is 1. The third kappa shape index (κ3) is 2.48. The van der Waals surface area contributed by atoms with Gasteiger partial charge in [-0.15, -0.1) is 0 Å². The topological polar surface area (TPSA) is 104 Å². The maximum atomic E-state index is 12.2. The second-order valence-electron chi connectivity index (χ2n) is 4.33. The van der Waals surface area contributed by atoms with Crippen molar-refractivity contribution in [1.82, 2.24) is 14.7 Å². The van der Waals surface area contributed by atoms with E-state index in [1.807, 2.05) is 0 Å². The Bertz CT molecular complexity index is 709. The number of nitrogens with one attached hydrogen (secondary N) is 1. The predicted octanol–water partition coefficient (Wildman–Crippen LogP) is -0.179. The number of rotatable bonds is 4. The predicted molar refractivity (Wildman–Crippen MR) is 71.9 cm³/mol. The van der Waals surface area contributed by atoms with Crippen molar-refractivity contribution < 1.29 is 15.0 Å². The molecule has 1 amide bonds. The second-order valence-corrected chi connectivity index (χ2v) is 4.33. The highest BCUT2D eigenvalue weighted by Crippen LogP contribution is 2.13. The SMILES string of the molecule is Cc1cccn2c(=O)c(C(=O)NCCCO)c(O)nc12. The highest BCUT2D eigenvalue weighted by atomic mass is 16.3. The van der Waals surface area contributed by atoms with Crippen LogP contribution in [0.25, 0.3) is 5.65 Å². The van der Waals surface area contributed by atoms with Crippen LogP contribution in [0.15, 0.2) is 23.1 Å². The van der Waals surface area contributed by atoms with E-state index in [9.17, 15) is 14.7 Å². The van der Waals surface area contributed by atoms with Gasteiger partial charge in [-0.25, -0.2) is 0 Å². The maximum Gasteiger partial charge on any atom is 0.274 e. The first-order valence-electron chi connectivity index (χ1n) is 6.16. The van der Waals surface area contributed by atoms with Crippen LogP contribution in [-0.2, 0) is 0 Å². The van der Waals surface area contributed by atoms with Crippen LogP contribution in [0, 0.1) is 6.92 Å². The van der Waals surface area contributed by atoms with Crippen LogP contribution in [0.3, 0.4) is 0 Å². The fourth-order valence-corrected chi connectivity index (χ4v) is 1.85. The van der Waals surface area contributed by atoms with Gasteiger partial charge in [0.25, 0.3) is 11.5 Å². The number of amides is 1. The summed E-state index contributed by atoms with van der Waals surface area (Å²) in [5, 5.41) is 20.9. The van der Waals surface area contributed by atoms with E-state index in [2.05, 4.69) is 10.3 Å². The number of aromatic hydroxyl groups is 1. The lowest BCUT2D eigenvalue weighted by atomic mass is 10.2. The highest BCUT2D eigenvalue weighted by molar-refractivity contribution is 5.96. The van der Waals surface area contributed by atoms with Crippen molar-refractivity contribution in [3.05, 3.63) is 39.8 Å². The molecule has 0 spiro atoms. The Hall–Kier alpha value is -2.41. The summed E-state index contributed by atoms with van der Waals surface area (Å²) in [5.41, 5.74) is -0.00205. The molecule has 7 nitrogen and oxygen atoms in total. The minimum atomic E-state index is -0.704. The first kappa shape index (κ1) is 14.0. The van der Waals surface area contributed by atoms with E-state index in [0.717, 1.165) is 0 Å². The molecule has 2 heterocycles. The molecular weight excluding hydrogens is 262 g/mol. The molecule has 106 valence electrons. The zero-order chi connectivity index (χ0) is 14.7. The monoisotopic (exact) mass is 277 g/mol. The number of fused-ring (bicyclic) bond motifs is 1. The number of hydrogen-bond donors (Lipinski definition) is 3. The Labute approximate surface area is 114 Å². The van der Waals surface area contributed by atoms with E-state index in [1.165, 1.54) is 10.6 Å². The number of carbonyl (C=O) groups is 1. The van der Waals surface area contributed by atoms with E-state index in [4.69, 9.17) is 5.11 Å². The quantitative estimate of drug-likeness (QED) is 0.673. The summed E-state index contributed by atoms with van der Waals surface area (Å²) in [6, 6.07) is 3.41.